The molecule has 1 nitrogen and oxygen atoms in total. The molecule has 0 atom stereocenters. The van der Waals surface area contributed by atoms with Gasteiger partial charge in [0.2, 0.25) is 0 Å². The molecule has 70 valence electrons. The van der Waals surface area contributed by atoms with Crippen LogP contribution in [0, 0.1) is 5.82 Å². The zero-order chi connectivity index (χ0) is 9.26. The van der Waals surface area contributed by atoms with Crippen LogP contribution < -0.4 is 0 Å². The van der Waals surface area contributed by atoms with Crippen molar-refractivity contribution in [2.24, 2.45) is 0 Å². The molecule has 0 bridgehead atoms. The number of nitrogens with zero attached hydrogens (tertiary/aromatic N) is 1. The Hall–Kier alpha value is -0.440. The molecule has 1 saturated carbocycles. The Morgan fingerprint density at radius 1 is 1.38 bits per heavy atom. The van der Waals surface area contributed by atoms with Gasteiger partial charge in [-0.1, -0.05) is 12.8 Å². The molecular formula is C10H11BrFN. The molecule has 0 N–H and O–H groups in total. The molecule has 0 saturated heterocycles. The van der Waals surface area contributed by atoms with Crippen molar-refractivity contribution in [1.29, 1.82) is 0 Å². The smallest absolute Gasteiger partial charge is 0.159 e. The predicted octanol–water partition coefficient (Wildman–Crippen LogP) is 3.64. The number of aromatic nitrogens is 1. The molecule has 0 unspecified atom stereocenters. The third kappa shape index (κ3) is 1.75. The van der Waals surface area contributed by atoms with Gasteiger partial charge in [-0.05, 0) is 46.3 Å². The lowest BCUT2D eigenvalue weighted by molar-refractivity contribution is 0.567. The lowest BCUT2D eigenvalue weighted by Crippen LogP contribution is -1.98. The van der Waals surface area contributed by atoms with Crippen LogP contribution in [0.25, 0.3) is 0 Å². The van der Waals surface area contributed by atoms with E-state index in [2.05, 4.69) is 20.9 Å². The van der Waals surface area contributed by atoms with Gasteiger partial charge in [-0.2, -0.15) is 0 Å². The van der Waals surface area contributed by atoms with E-state index in [0.717, 1.165) is 18.4 Å². The summed E-state index contributed by atoms with van der Waals surface area (Å²) in [5.74, 6) is 0.244. The lowest BCUT2D eigenvalue weighted by atomic mass is 9.99. The molecule has 0 aliphatic heterocycles. The summed E-state index contributed by atoms with van der Waals surface area (Å²) in [6.45, 7) is 0. The largest absolute Gasteiger partial charge is 0.246 e. The van der Waals surface area contributed by atoms with Crippen LogP contribution in [-0.4, -0.2) is 4.98 Å². The van der Waals surface area contributed by atoms with E-state index in [4.69, 9.17) is 0 Å². The third-order valence-electron chi connectivity index (χ3n) is 2.67. The van der Waals surface area contributed by atoms with Crippen molar-refractivity contribution in [2.45, 2.75) is 31.6 Å². The highest BCUT2D eigenvalue weighted by Crippen LogP contribution is 2.36. The Morgan fingerprint density at radius 2 is 2.08 bits per heavy atom. The van der Waals surface area contributed by atoms with E-state index in [1.165, 1.54) is 12.8 Å². The second kappa shape index (κ2) is 3.74. The number of hydrogen-bond acceptors (Lipinski definition) is 1. The van der Waals surface area contributed by atoms with Gasteiger partial charge in [-0.3, -0.25) is 0 Å². The van der Waals surface area contributed by atoms with Gasteiger partial charge in [0.25, 0.3) is 0 Å². The average Bonchev–Trinajstić information content (AvgIpc) is 2.62. The zero-order valence-corrected chi connectivity index (χ0v) is 8.85. The molecule has 1 aliphatic rings. The van der Waals surface area contributed by atoms with Gasteiger partial charge in [0, 0.05) is 6.20 Å². The van der Waals surface area contributed by atoms with Crippen LogP contribution in [0.3, 0.4) is 0 Å². The molecular weight excluding hydrogens is 233 g/mol. The van der Waals surface area contributed by atoms with Gasteiger partial charge in [0.15, 0.2) is 5.82 Å². The summed E-state index contributed by atoms with van der Waals surface area (Å²) >= 11 is 3.11. The van der Waals surface area contributed by atoms with Crippen LogP contribution in [-0.2, 0) is 0 Å². The first-order valence-electron chi connectivity index (χ1n) is 4.59. The quantitative estimate of drug-likeness (QED) is 0.687. The molecule has 0 spiro atoms. The summed E-state index contributed by atoms with van der Waals surface area (Å²) < 4.78 is 13.9. The van der Waals surface area contributed by atoms with Crippen LogP contribution in [0.15, 0.2) is 16.9 Å². The topological polar surface area (TPSA) is 12.9 Å². The van der Waals surface area contributed by atoms with Crippen molar-refractivity contribution in [1.82, 2.24) is 4.98 Å². The minimum Gasteiger partial charge on any atom is -0.246 e. The van der Waals surface area contributed by atoms with Gasteiger partial charge in [-0.15, -0.1) is 0 Å². The van der Waals surface area contributed by atoms with Crippen LogP contribution in [0.4, 0.5) is 4.39 Å². The average molecular weight is 244 g/mol. The highest BCUT2D eigenvalue weighted by Gasteiger charge is 2.21. The maximum Gasteiger partial charge on any atom is 0.159 e. The van der Waals surface area contributed by atoms with Crippen LogP contribution in [0.5, 0.6) is 0 Å². The van der Waals surface area contributed by atoms with E-state index >= 15 is 0 Å². The third-order valence-corrected chi connectivity index (χ3v) is 3.22. The first-order valence-corrected chi connectivity index (χ1v) is 5.38. The highest BCUT2D eigenvalue weighted by atomic mass is 79.9. The van der Waals surface area contributed by atoms with E-state index in [9.17, 15) is 4.39 Å². The van der Waals surface area contributed by atoms with Gasteiger partial charge in [0.05, 0.1) is 0 Å². The second-order valence-corrected chi connectivity index (χ2v) is 4.24. The first kappa shape index (κ1) is 9.13. The molecule has 1 aromatic rings. The van der Waals surface area contributed by atoms with E-state index in [0.29, 0.717) is 10.5 Å². The molecule has 1 heterocycles. The molecule has 3 heteroatoms. The number of rotatable bonds is 1. The molecule has 1 aromatic heterocycles. The Balaban J connectivity index is 2.33. The van der Waals surface area contributed by atoms with E-state index in [1.54, 1.807) is 12.3 Å². The summed E-state index contributed by atoms with van der Waals surface area (Å²) in [6.07, 6.45) is 6.36. The number of halogens is 2. The summed E-state index contributed by atoms with van der Waals surface area (Å²) in [6, 6.07) is 1.80. The second-order valence-electron chi connectivity index (χ2n) is 3.49. The minimum absolute atomic E-state index is 0.172. The summed E-state index contributed by atoms with van der Waals surface area (Å²) in [4.78, 5) is 3.85. The highest BCUT2D eigenvalue weighted by molar-refractivity contribution is 9.10. The maximum atomic E-state index is 13.5. The standard InChI is InChI=1S/C10H11BrFN/c11-10-9(12)8(5-6-13-10)7-3-1-2-4-7/h5-7H,1-4H2. The minimum atomic E-state index is -0.172. The van der Waals surface area contributed by atoms with Crippen molar-refractivity contribution in [3.05, 3.63) is 28.2 Å². The van der Waals surface area contributed by atoms with Crippen molar-refractivity contribution >= 4 is 15.9 Å². The summed E-state index contributed by atoms with van der Waals surface area (Å²) in [5.41, 5.74) is 0.833. The van der Waals surface area contributed by atoms with Gasteiger partial charge < -0.3 is 0 Å². The van der Waals surface area contributed by atoms with E-state index in [1.807, 2.05) is 0 Å². The predicted molar refractivity (Wildman–Crippen MR) is 53.1 cm³/mol. The van der Waals surface area contributed by atoms with Crippen LogP contribution >= 0.6 is 15.9 Å². The Morgan fingerprint density at radius 3 is 2.77 bits per heavy atom. The van der Waals surface area contributed by atoms with Crippen molar-refractivity contribution < 1.29 is 4.39 Å². The van der Waals surface area contributed by atoms with E-state index in [-0.39, 0.29) is 5.82 Å². The fourth-order valence-electron chi connectivity index (χ4n) is 1.98. The first-order chi connectivity index (χ1) is 6.29. The van der Waals surface area contributed by atoms with Crippen LogP contribution in [0.2, 0.25) is 0 Å². The monoisotopic (exact) mass is 243 g/mol. The van der Waals surface area contributed by atoms with Gasteiger partial charge in [0.1, 0.15) is 4.60 Å². The molecule has 1 aliphatic carbocycles. The molecule has 13 heavy (non-hydrogen) atoms. The van der Waals surface area contributed by atoms with Crippen molar-refractivity contribution in [2.75, 3.05) is 0 Å². The number of pyridine rings is 1. The van der Waals surface area contributed by atoms with Crippen LogP contribution in [0.1, 0.15) is 37.2 Å². The van der Waals surface area contributed by atoms with Gasteiger partial charge >= 0.3 is 0 Å². The molecule has 2 rings (SSSR count). The Kier molecular flexibility index (Phi) is 2.63. The maximum absolute atomic E-state index is 13.5. The molecule has 0 radical (unpaired) electrons. The lowest BCUT2D eigenvalue weighted by Gasteiger charge is -2.10. The fourth-order valence-corrected chi connectivity index (χ4v) is 2.33. The zero-order valence-electron chi connectivity index (χ0n) is 7.26. The molecule has 1 fully saturated rings. The fraction of sp³-hybridized carbons (Fsp3) is 0.500. The van der Waals surface area contributed by atoms with Gasteiger partial charge in [-0.25, -0.2) is 9.37 Å². The van der Waals surface area contributed by atoms with E-state index < -0.39 is 0 Å². The van der Waals surface area contributed by atoms with Crippen molar-refractivity contribution in [3.63, 3.8) is 0 Å². The Bertz CT molecular complexity index is 308. The molecule has 0 amide bonds. The van der Waals surface area contributed by atoms with Crippen molar-refractivity contribution in [3.8, 4) is 0 Å². The normalized spacial score (nSPS) is 18.0. The SMILES string of the molecule is Fc1c(C2CCCC2)ccnc1Br. The summed E-state index contributed by atoms with van der Waals surface area (Å²) in [7, 11) is 0. The number of hydrogen-bond donors (Lipinski definition) is 0. The molecule has 0 aromatic carbocycles. The Labute approximate surface area is 85.5 Å². The summed E-state index contributed by atoms with van der Waals surface area (Å²) in [5, 5.41) is 0.